The van der Waals surface area contributed by atoms with Gasteiger partial charge in [-0.3, -0.25) is 0 Å². The highest BCUT2D eigenvalue weighted by molar-refractivity contribution is 7.98. The van der Waals surface area contributed by atoms with Crippen LogP contribution >= 0.6 is 11.8 Å². The Bertz CT molecular complexity index is 850. The molecule has 0 radical (unpaired) electrons. The Morgan fingerprint density at radius 3 is 2.38 bits per heavy atom. The summed E-state index contributed by atoms with van der Waals surface area (Å²) >= 11 is 1.74. The quantitative estimate of drug-likeness (QED) is 0.452. The molecule has 132 valence electrons. The summed E-state index contributed by atoms with van der Waals surface area (Å²) in [6.07, 6.45) is 4.75. The molecule has 1 heterocycles. The Morgan fingerprint density at radius 2 is 1.81 bits per heavy atom. The minimum atomic E-state index is -0.955. The fourth-order valence-corrected chi connectivity index (χ4v) is 3.69. The van der Waals surface area contributed by atoms with E-state index < -0.39 is 29.5 Å². The molecular formula is C21H18O4S. The Labute approximate surface area is 156 Å². The molecule has 0 aromatic heterocycles. The average Bonchev–Trinajstić information content (AvgIpc) is 2.93. The van der Waals surface area contributed by atoms with E-state index in [1.165, 1.54) is 4.90 Å². The number of esters is 1. The van der Waals surface area contributed by atoms with E-state index in [-0.39, 0.29) is 6.42 Å². The number of benzene rings is 2. The van der Waals surface area contributed by atoms with E-state index in [1.54, 1.807) is 11.8 Å². The minimum absolute atomic E-state index is 0.271. The largest absolute Gasteiger partial charge is 0.505 e. The SMILES string of the molecule is C#CCC(c1ccc(CSc2ccccc2)cc1)C1OC(=O)C(O)=C1O. The third-order valence-corrected chi connectivity index (χ3v) is 5.28. The van der Waals surface area contributed by atoms with Gasteiger partial charge in [0.1, 0.15) is 0 Å². The summed E-state index contributed by atoms with van der Waals surface area (Å²) in [5, 5.41) is 19.5. The van der Waals surface area contributed by atoms with Crippen molar-refractivity contribution in [3.8, 4) is 12.3 Å². The first-order valence-electron chi connectivity index (χ1n) is 8.13. The van der Waals surface area contributed by atoms with E-state index in [2.05, 4.69) is 18.1 Å². The highest BCUT2D eigenvalue weighted by Gasteiger charge is 2.40. The molecule has 26 heavy (non-hydrogen) atoms. The van der Waals surface area contributed by atoms with Gasteiger partial charge in [0.25, 0.3) is 0 Å². The number of ether oxygens (including phenoxy) is 1. The van der Waals surface area contributed by atoms with E-state index >= 15 is 0 Å². The van der Waals surface area contributed by atoms with Crippen molar-refractivity contribution >= 4 is 17.7 Å². The molecule has 2 unspecified atom stereocenters. The number of cyclic esters (lactones) is 1. The fraction of sp³-hybridized carbons (Fsp3) is 0.190. The molecule has 0 bridgehead atoms. The fourth-order valence-electron chi connectivity index (χ4n) is 2.81. The standard InChI is InChI=1S/C21H18O4S/c1-2-6-17(20-18(22)19(23)21(24)25-20)15-11-9-14(10-12-15)13-26-16-7-4-3-5-8-16/h1,3-5,7-12,17,20,22-23H,6,13H2. The Balaban J connectivity index is 1.73. The lowest BCUT2D eigenvalue weighted by Gasteiger charge is -2.21. The van der Waals surface area contributed by atoms with E-state index in [4.69, 9.17) is 11.2 Å². The second-order valence-corrected chi connectivity index (χ2v) is 6.97. The van der Waals surface area contributed by atoms with Gasteiger partial charge in [0.2, 0.25) is 5.76 Å². The van der Waals surface area contributed by atoms with Crippen molar-refractivity contribution in [1.29, 1.82) is 0 Å². The summed E-state index contributed by atoms with van der Waals surface area (Å²) in [5.41, 5.74) is 1.99. The Morgan fingerprint density at radius 1 is 1.12 bits per heavy atom. The van der Waals surface area contributed by atoms with Crippen LogP contribution in [0.25, 0.3) is 0 Å². The lowest BCUT2D eigenvalue weighted by atomic mass is 9.89. The van der Waals surface area contributed by atoms with Gasteiger partial charge in [-0.05, 0) is 23.3 Å². The van der Waals surface area contributed by atoms with Crippen molar-refractivity contribution in [2.45, 2.75) is 29.1 Å². The number of hydrogen-bond acceptors (Lipinski definition) is 5. The van der Waals surface area contributed by atoms with Crippen molar-refractivity contribution in [3.63, 3.8) is 0 Å². The summed E-state index contributed by atoms with van der Waals surface area (Å²) in [6, 6.07) is 18.0. The normalized spacial score (nSPS) is 17.7. The molecule has 2 aromatic rings. The van der Waals surface area contributed by atoms with Crippen molar-refractivity contribution < 1.29 is 19.7 Å². The van der Waals surface area contributed by atoms with Gasteiger partial charge in [-0.2, -0.15) is 0 Å². The second kappa shape index (κ2) is 8.03. The molecule has 0 aliphatic carbocycles. The predicted molar refractivity (Wildman–Crippen MR) is 101 cm³/mol. The first-order valence-corrected chi connectivity index (χ1v) is 9.12. The van der Waals surface area contributed by atoms with E-state index in [9.17, 15) is 15.0 Å². The zero-order valence-corrected chi connectivity index (χ0v) is 14.8. The molecule has 2 N–H and O–H groups in total. The van der Waals surface area contributed by atoms with Crippen molar-refractivity contribution in [3.05, 3.63) is 77.2 Å². The van der Waals surface area contributed by atoms with Gasteiger partial charge in [-0.25, -0.2) is 4.79 Å². The average molecular weight is 366 g/mol. The number of aliphatic hydroxyl groups excluding tert-OH is 2. The number of thioether (sulfide) groups is 1. The van der Waals surface area contributed by atoms with Gasteiger partial charge in [-0.15, -0.1) is 24.1 Å². The lowest BCUT2D eigenvalue weighted by Crippen LogP contribution is -2.22. The van der Waals surface area contributed by atoms with Crippen LogP contribution in [0, 0.1) is 12.3 Å². The number of carbonyl (C=O) groups is 1. The third kappa shape index (κ3) is 3.87. The summed E-state index contributed by atoms with van der Waals surface area (Å²) < 4.78 is 5.08. The molecule has 0 spiro atoms. The van der Waals surface area contributed by atoms with Crippen LogP contribution in [0.15, 0.2) is 71.0 Å². The van der Waals surface area contributed by atoms with Gasteiger partial charge in [0.05, 0.1) is 0 Å². The highest BCUT2D eigenvalue weighted by Crippen LogP contribution is 2.34. The Kier molecular flexibility index (Phi) is 5.55. The van der Waals surface area contributed by atoms with Crippen molar-refractivity contribution in [2.75, 3.05) is 0 Å². The smallest absolute Gasteiger partial charge is 0.377 e. The maximum atomic E-state index is 11.5. The first kappa shape index (κ1) is 18.0. The van der Waals surface area contributed by atoms with Crippen LogP contribution < -0.4 is 0 Å². The van der Waals surface area contributed by atoms with Crippen LogP contribution in [0.3, 0.4) is 0 Å². The number of carbonyl (C=O) groups excluding carboxylic acids is 1. The molecule has 2 atom stereocenters. The topological polar surface area (TPSA) is 66.8 Å². The van der Waals surface area contributed by atoms with Crippen LogP contribution in [0.5, 0.6) is 0 Å². The van der Waals surface area contributed by atoms with Crippen LogP contribution in [-0.2, 0) is 15.3 Å². The monoisotopic (exact) mass is 366 g/mol. The zero-order chi connectivity index (χ0) is 18.5. The number of hydrogen-bond donors (Lipinski definition) is 2. The first-order chi connectivity index (χ1) is 12.6. The van der Waals surface area contributed by atoms with Crippen LogP contribution in [0.1, 0.15) is 23.5 Å². The third-order valence-electron chi connectivity index (χ3n) is 4.20. The minimum Gasteiger partial charge on any atom is -0.505 e. The molecule has 4 nitrogen and oxygen atoms in total. The molecule has 0 fully saturated rings. The van der Waals surface area contributed by atoms with Crippen LogP contribution in [0.2, 0.25) is 0 Å². The maximum absolute atomic E-state index is 11.5. The van der Waals surface area contributed by atoms with Crippen LogP contribution in [0.4, 0.5) is 0 Å². The van der Waals surface area contributed by atoms with Crippen molar-refractivity contribution in [2.24, 2.45) is 0 Å². The van der Waals surface area contributed by atoms with Gasteiger partial charge in [0.15, 0.2) is 11.9 Å². The summed E-state index contributed by atoms with van der Waals surface area (Å²) in [6.45, 7) is 0. The number of terminal acetylenes is 1. The molecular weight excluding hydrogens is 348 g/mol. The maximum Gasteiger partial charge on any atom is 0.377 e. The molecule has 0 amide bonds. The molecule has 0 saturated carbocycles. The van der Waals surface area contributed by atoms with E-state index in [0.29, 0.717) is 0 Å². The molecule has 0 saturated heterocycles. The molecule has 3 rings (SSSR count). The van der Waals surface area contributed by atoms with Crippen LogP contribution in [-0.4, -0.2) is 22.3 Å². The van der Waals surface area contributed by atoms with Gasteiger partial charge < -0.3 is 14.9 Å². The highest BCUT2D eigenvalue weighted by atomic mass is 32.2. The van der Waals surface area contributed by atoms with Gasteiger partial charge in [-0.1, -0.05) is 42.5 Å². The molecule has 5 heteroatoms. The molecule has 2 aromatic carbocycles. The van der Waals surface area contributed by atoms with Crippen molar-refractivity contribution in [1.82, 2.24) is 0 Å². The molecule has 1 aliphatic rings. The number of rotatable bonds is 6. The Hall–Kier alpha value is -2.84. The number of aliphatic hydroxyl groups is 2. The second-order valence-electron chi connectivity index (χ2n) is 5.92. The van der Waals surface area contributed by atoms with E-state index in [0.717, 1.165) is 16.9 Å². The molecule has 1 aliphatic heterocycles. The van der Waals surface area contributed by atoms with Gasteiger partial charge in [0, 0.05) is 23.0 Å². The summed E-state index contributed by atoms with van der Waals surface area (Å²) in [5.74, 6) is 0.832. The predicted octanol–water partition coefficient (Wildman–Crippen LogP) is 4.34. The summed E-state index contributed by atoms with van der Waals surface area (Å²) in [4.78, 5) is 12.7. The summed E-state index contributed by atoms with van der Waals surface area (Å²) in [7, 11) is 0. The van der Waals surface area contributed by atoms with E-state index in [1.807, 2.05) is 42.5 Å². The van der Waals surface area contributed by atoms with Gasteiger partial charge >= 0.3 is 5.97 Å². The zero-order valence-electron chi connectivity index (χ0n) is 14.0. The lowest BCUT2D eigenvalue weighted by molar-refractivity contribution is -0.143.